The third-order valence-corrected chi connectivity index (χ3v) is 6.13. The van der Waals surface area contributed by atoms with Crippen LogP contribution in [0.15, 0.2) is 30.3 Å². The minimum Gasteiger partial charge on any atom is -0.388 e. The van der Waals surface area contributed by atoms with Crippen molar-refractivity contribution < 1.29 is 14.7 Å². The zero-order valence-corrected chi connectivity index (χ0v) is 15.0. The molecule has 2 aromatic heterocycles. The monoisotopic (exact) mass is 374 g/mol. The summed E-state index contributed by atoms with van der Waals surface area (Å²) in [5.41, 5.74) is 2.36. The van der Waals surface area contributed by atoms with Crippen molar-refractivity contribution in [1.82, 2.24) is 9.47 Å². The molecule has 1 aliphatic rings. The van der Waals surface area contributed by atoms with Crippen LogP contribution >= 0.6 is 22.9 Å². The lowest BCUT2D eigenvalue weighted by Crippen LogP contribution is -2.27. The fourth-order valence-electron chi connectivity index (χ4n) is 3.26. The number of nitrogens with zero attached hydrogens (tertiary/aromatic N) is 2. The summed E-state index contributed by atoms with van der Waals surface area (Å²) in [6, 6.07) is 9.43. The first-order valence-electron chi connectivity index (χ1n) is 7.79. The minimum absolute atomic E-state index is 0.123. The summed E-state index contributed by atoms with van der Waals surface area (Å²) in [5, 5.41) is 10.3. The molecule has 1 amide bonds. The molecular formula is C18H15ClN2O3S. The van der Waals surface area contributed by atoms with E-state index in [1.54, 1.807) is 11.0 Å². The van der Waals surface area contributed by atoms with Crippen LogP contribution in [0.25, 0.3) is 10.9 Å². The van der Waals surface area contributed by atoms with E-state index in [1.165, 1.54) is 11.3 Å². The molecule has 0 saturated carbocycles. The highest BCUT2D eigenvalue weighted by atomic mass is 35.5. The molecule has 5 nitrogen and oxygen atoms in total. The number of thiophene rings is 1. The van der Waals surface area contributed by atoms with Crippen LogP contribution in [0.2, 0.25) is 5.02 Å². The van der Waals surface area contributed by atoms with Gasteiger partial charge in [0.15, 0.2) is 5.78 Å². The first-order chi connectivity index (χ1) is 12.0. The zero-order valence-electron chi connectivity index (χ0n) is 13.5. The smallest absolute Gasteiger partial charge is 0.272 e. The molecule has 0 bridgehead atoms. The number of carbonyl (C=O) groups excluding carboxylic acids is 2. The maximum atomic E-state index is 13.0. The minimum atomic E-state index is -0.492. The second-order valence-electron chi connectivity index (χ2n) is 6.04. The van der Waals surface area contributed by atoms with E-state index < -0.39 is 6.61 Å². The van der Waals surface area contributed by atoms with Gasteiger partial charge < -0.3 is 14.6 Å². The van der Waals surface area contributed by atoms with Crippen molar-refractivity contribution in [2.75, 3.05) is 6.61 Å². The van der Waals surface area contributed by atoms with Crippen LogP contribution in [0.4, 0.5) is 0 Å². The highest BCUT2D eigenvalue weighted by Crippen LogP contribution is 2.35. The fraction of sp³-hybridized carbons (Fsp3) is 0.222. The van der Waals surface area contributed by atoms with Gasteiger partial charge in [0, 0.05) is 29.4 Å². The number of amides is 1. The van der Waals surface area contributed by atoms with E-state index in [-0.39, 0.29) is 11.7 Å². The number of aliphatic hydroxyl groups excluding tert-OH is 1. The number of carbonyl (C=O) groups is 2. The summed E-state index contributed by atoms with van der Waals surface area (Å²) in [4.78, 5) is 27.9. The predicted molar refractivity (Wildman–Crippen MR) is 97.2 cm³/mol. The fourth-order valence-corrected chi connectivity index (χ4v) is 4.75. The Hall–Kier alpha value is -2.15. The van der Waals surface area contributed by atoms with E-state index in [1.807, 2.05) is 35.9 Å². The third kappa shape index (κ3) is 2.49. The molecule has 1 N–H and O–H groups in total. The number of Topliss-reactive ketones (excluding diaryl/α,β-unsaturated/α-hetero) is 1. The number of aryl methyl sites for hydroxylation is 1. The molecule has 0 aliphatic carbocycles. The lowest BCUT2D eigenvalue weighted by molar-refractivity contribution is 0.0743. The molecule has 1 aromatic carbocycles. The summed E-state index contributed by atoms with van der Waals surface area (Å²) in [6.45, 7) is 0.407. The van der Waals surface area contributed by atoms with Gasteiger partial charge in [-0.25, -0.2) is 0 Å². The van der Waals surface area contributed by atoms with Gasteiger partial charge in [-0.1, -0.05) is 29.8 Å². The number of ketones is 1. The Balaban J connectivity index is 1.65. The van der Waals surface area contributed by atoms with Gasteiger partial charge in [-0.3, -0.25) is 9.59 Å². The Bertz CT molecular complexity index is 958. The molecule has 128 valence electrons. The Morgan fingerprint density at radius 1 is 1.28 bits per heavy atom. The number of aliphatic hydroxyl groups is 1. The summed E-state index contributed by atoms with van der Waals surface area (Å²) < 4.78 is 1.83. The molecule has 0 atom stereocenters. The van der Waals surface area contributed by atoms with Crippen LogP contribution < -0.4 is 0 Å². The quantitative estimate of drug-likeness (QED) is 0.716. The number of hydrogen-bond acceptors (Lipinski definition) is 4. The first-order valence-corrected chi connectivity index (χ1v) is 8.98. The largest absolute Gasteiger partial charge is 0.388 e. The van der Waals surface area contributed by atoms with Gasteiger partial charge in [0.25, 0.3) is 5.91 Å². The number of benzene rings is 1. The van der Waals surface area contributed by atoms with Crippen molar-refractivity contribution >= 4 is 45.5 Å². The van der Waals surface area contributed by atoms with Crippen LogP contribution in [0, 0.1) is 0 Å². The molecule has 0 unspecified atom stereocenters. The number of aromatic nitrogens is 1. The Kier molecular flexibility index (Phi) is 3.91. The molecule has 4 rings (SSSR count). The van der Waals surface area contributed by atoms with Crippen molar-refractivity contribution in [2.24, 2.45) is 7.05 Å². The van der Waals surface area contributed by atoms with Gasteiger partial charge in [0.1, 0.15) is 12.3 Å². The molecule has 3 heterocycles. The van der Waals surface area contributed by atoms with Crippen LogP contribution in [0.3, 0.4) is 0 Å². The number of para-hydroxylation sites is 1. The molecule has 0 spiro atoms. The van der Waals surface area contributed by atoms with Gasteiger partial charge in [0.2, 0.25) is 0 Å². The Morgan fingerprint density at radius 3 is 2.72 bits per heavy atom. The Labute approximate surface area is 153 Å². The van der Waals surface area contributed by atoms with Crippen LogP contribution in [0.5, 0.6) is 0 Å². The predicted octanol–water partition coefficient (Wildman–Crippen LogP) is 3.22. The highest BCUT2D eigenvalue weighted by Gasteiger charge is 2.31. The van der Waals surface area contributed by atoms with E-state index in [4.69, 9.17) is 16.7 Å². The summed E-state index contributed by atoms with van der Waals surface area (Å²) in [6.07, 6.45) is 0. The number of fused-ring (bicyclic) bond motifs is 2. The molecule has 1 aliphatic heterocycles. The van der Waals surface area contributed by atoms with E-state index in [0.29, 0.717) is 28.7 Å². The third-order valence-electron chi connectivity index (χ3n) is 4.55. The molecule has 25 heavy (non-hydrogen) atoms. The van der Waals surface area contributed by atoms with Gasteiger partial charge in [-0.05, 0) is 17.7 Å². The molecule has 0 radical (unpaired) electrons. The van der Waals surface area contributed by atoms with Gasteiger partial charge in [-0.15, -0.1) is 11.3 Å². The van der Waals surface area contributed by atoms with E-state index in [2.05, 4.69) is 0 Å². The zero-order chi connectivity index (χ0) is 17.7. The average molecular weight is 375 g/mol. The standard InChI is InChI=1S/C18H15ClN2O3S/c1-20-12-5-3-2-4-11(12)16(19)17(20)18(24)21-7-10-6-14(13(23)9-22)25-15(10)8-21/h2-6,22H,7-9H2,1H3. The van der Waals surface area contributed by atoms with Crippen molar-refractivity contribution in [2.45, 2.75) is 13.1 Å². The first kappa shape index (κ1) is 16.3. The summed E-state index contributed by atoms with van der Waals surface area (Å²) >= 11 is 7.81. The number of rotatable bonds is 3. The van der Waals surface area contributed by atoms with Crippen molar-refractivity contribution in [3.8, 4) is 0 Å². The van der Waals surface area contributed by atoms with Crippen LogP contribution in [-0.2, 0) is 20.1 Å². The maximum Gasteiger partial charge on any atom is 0.272 e. The van der Waals surface area contributed by atoms with Crippen LogP contribution in [-0.4, -0.2) is 32.9 Å². The maximum absolute atomic E-state index is 13.0. The number of halogens is 1. The Morgan fingerprint density at radius 2 is 2.04 bits per heavy atom. The van der Waals surface area contributed by atoms with Gasteiger partial charge >= 0.3 is 0 Å². The normalized spacial score (nSPS) is 13.5. The SMILES string of the molecule is Cn1c(C(=O)N2Cc3cc(C(=O)CO)sc3C2)c(Cl)c2ccccc21. The van der Waals surface area contributed by atoms with E-state index in [9.17, 15) is 9.59 Å². The van der Waals surface area contributed by atoms with Crippen molar-refractivity contribution in [1.29, 1.82) is 0 Å². The molecule has 7 heteroatoms. The van der Waals surface area contributed by atoms with Crippen molar-refractivity contribution in [3.05, 3.63) is 56.4 Å². The van der Waals surface area contributed by atoms with Crippen molar-refractivity contribution in [3.63, 3.8) is 0 Å². The summed E-state index contributed by atoms with van der Waals surface area (Å²) in [7, 11) is 1.84. The second kappa shape index (κ2) is 5.98. The van der Waals surface area contributed by atoms with E-state index >= 15 is 0 Å². The van der Waals surface area contributed by atoms with Gasteiger partial charge in [-0.2, -0.15) is 0 Å². The van der Waals surface area contributed by atoms with Crippen LogP contribution in [0.1, 0.15) is 30.6 Å². The van der Waals surface area contributed by atoms with Gasteiger partial charge in [0.05, 0.1) is 16.4 Å². The average Bonchev–Trinajstić information content (AvgIpc) is 3.26. The van der Waals surface area contributed by atoms with E-state index in [0.717, 1.165) is 21.3 Å². The summed E-state index contributed by atoms with van der Waals surface area (Å²) in [5.74, 6) is -0.406. The molecule has 0 fully saturated rings. The molecule has 3 aromatic rings. The second-order valence-corrected chi connectivity index (χ2v) is 7.56. The molecule has 0 saturated heterocycles. The topological polar surface area (TPSA) is 62.5 Å². The highest BCUT2D eigenvalue weighted by molar-refractivity contribution is 7.14. The number of hydrogen-bond donors (Lipinski definition) is 1. The molecular weight excluding hydrogens is 360 g/mol. The lowest BCUT2D eigenvalue weighted by atomic mass is 10.2. The lowest BCUT2D eigenvalue weighted by Gasteiger charge is -2.16.